The van der Waals surface area contributed by atoms with Crippen molar-refractivity contribution in [2.75, 3.05) is 27.2 Å². The lowest BCUT2D eigenvalue weighted by Crippen LogP contribution is -3.05. The van der Waals surface area contributed by atoms with E-state index in [-0.39, 0.29) is 11.3 Å². The SMILES string of the molecule is C[NH+](C)CCCN1C(=O)C(O)=C(C(=O)c2ccco2)[C@@H]1c1ccccn1. The number of Topliss-reactive ketones (excluding diaryl/α,β-unsaturated/α-hetero) is 1. The van der Waals surface area contributed by atoms with Gasteiger partial charge in [-0.2, -0.15) is 0 Å². The highest BCUT2D eigenvalue weighted by atomic mass is 16.3. The highest BCUT2D eigenvalue weighted by molar-refractivity contribution is 6.14. The summed E-state index contributed by atoms with van der Waals surface area (Å²) in [5.41, 5.74) is 0.554. The quantitative estimate of drug-likeness (QED) is 0.716. The maximum absolute atomic E-state index is 12.9. The fraction of sp³-hybridized carbons (Fsp3) is 0.316. The molecule has 1 atom stereocenters. The second-order valence-corrected chi connectivity index (χ2v) is 6.54. The molecular weight excluding hydrogens is 334 g/mol. The molecule has 26 heavy (non-hydrogen) atoms. The molecular formula is C19H22N3O4+. The Morgan fingerprint density at radius 1 is 1.31 bits per heavy atom. The summed E-state index contributed by atoms with van der Waals surface area (Å²) in [5.74, 6) is -1.50. The summed E-state index contributed by atoms with van der Waals surface area (Å²) in [6.45, 7) is 1.28. The summed E-state index contributed by atoms with van der Waals surface area (Å²) in [4.78, 5) is 32.6. The lowest BCUT2D eigenvalue weighted by molar-refractivity contribution is -0.858. The van der Waals surface area contributed by atoms with Crippen LogP contribution in [0.1, 0.15) is 28.7 Å². The van der Waals surface area contributed by atoms with E-state index < -0.39 is 23.5 Å². The first-order valence-corrected chi connectivity index (χ1v) is 8.53. The number of carbonyl (C=O) groups excluding carboxylic acids is 2. The van der Waals surface area contributed by atoms with E-state index in [0.29, 0.717) is 12.2 Å². The number of quaternary nitrogens is 1. The van der Waals surface area contributed by atoms with Crippen LogP contribution in [0.4, 0.5) is 0 Å². The lowest BCUT2D eigenvalue weighted by Gasteiger charge is -2.26. The van der Waals surface area contributed by atoms with Crippen LogP contribution in [-0.4, -0.2) is 53.9 Å². The molecule has 0 aliphatic carbocycles. The number of rotatable bonds is 7. The molecule has 0 fully saturated rings. The van der Waals surface area contributed by atoms with Gasteiger partial charge in [0.05, 0.1) is 38.2 Å². The van der Waals surface area contributed by atoms with Crippen molar-refractivity contribution >= 4 is 11.7 Å². The lowest BCUT2D eigenvalue weighted by atomic mass is 9.98. The zero-order valence-corrected chi connectivity index (χ0v) is 14.8. The Balaban J connectivity index is 1.97. The normalized spacial score (nSPS) is 17.4. The Labute approximate surface area is 151 Å². The molecule has 0 unspecified atom stereocenters. The van der Waals surface area contributed by atoms with Crippen LogP contribution < -0.4 is 4.90 Å². The number of ketones is 1. The third-order valence-corrected chi connectivity index (χ3v) is 4.34. The molecule has 1 amide bonds. The van der Waals surface area contributed by atoms with Gasteiger partial charge >= 0.3 is 0 Å². The number of hydrogen-bond acceptors (Lipinski definition) is 5. The van der Waals surface area contributed by atoms with E-state index in [2.05, 4.69) is 4.98 Å². The molecule has 1 aliphatic heterocycles. The van der Waals surface area contributed by atoms with Crippen LogP contribution in [-0.2, 0) is 4.79 Å². The van der Waals surface area contributed by atoms with Gasteiger partial charge < -0.3 is 19.3 Å². The number of aliphatic hydroxyl groups excluding tert-OH is 1. The maximum Gasteiger partial charge on any atom is 0.290 e. The van der Waals surface area contributed by atoms with Gasteiger partial charge in [0.15, 0.2) is 11.5 Å². The van der Waals surface area contributed by atoms with E-state index in [1.54, 1.807) is 30.5 Å². The molecule has 0 bridgehead atoms. The minimum atomic E-state index is -0.724. The molecule has 2 N–H and O–H groups in total. The third kappa shape index (κ3) is 3.39. The number of amides is 1. The van der Waals surface area contributed by atoms with Crippen molar-refractivity contribution in [1.29, 1.82) is 0 Å². The average Bonchev–Trinajstić information content (AvgIpc) is 3.24. The van der Waals surface area contributed by atoms with Crippen LogP contribution >= 0.6 is 0 Å². The number of carbonyl (C=O) groups is 2. The molecule has 0 saturated heterocycles. The topological polar surface area (TPSA) is 88.1 Å². The Kier molecular flexibility index (Phi) is 5.18. The summed E-state index contributed by atoms with van der Waals surface area (Å²) in [5, 5.41) is 10.4. The van der Waals surface area contributed by atoms with Crippen LogP contribution in [0.3, 0.4) is 0 Å². The second kappa shape index (κ2) is 7.53. The number of pyridine rings is 1. The van der Waals surface area contributed by atoms with Gasteiger partial charge in [0, 0.05) is 19.2 Å². The van der Waals surface area contributed by atoms with Crippen LogP contribution in [0.15, 0.2) is 58.5 Å². The largest absolute Gasteiger partial charge is 0.503 e. The van der Waals surface area contributed by atoms with E-state index in [1.807, 2.05) is 14.1 Å². The monoisotopic (exact) mass is 356 g/mol. The summed E-state index contributed by atoms with van der Waals surface area (Å²) >= 11 is 0. The number of nitrogens with one attached hydrogen (secondary N) is 1. The smallest absolute Gasteiger partial charge is 0.290 e. The van der Waals surface area contributed by atoms with Gasteiger partial charge in [-0.1, -0.05) is 6.07 Å². The van der Waals surface area contributed by atoms with Gasteiger partial charge in [0.1, 0.15) is 6.04 Å². The minimum absolute atomic E-state index is 0.0147. The van der Waals surface area contributed by atoms with Gasteiger partial charge in [0.2, 0.25) is 5.78 Å². The fourth-order valence-electron chi connectivity index (χ4n) is 3.10. The number of furan rings is 1. The van der Waals surface area contributed by atoms with Crippen LogP contribution in [0.25, 0.3) is 0 Å². The molecule has 7 nitrogen and oxygen atoms in total. The molecule has 0 radical (unpaired) electrons. The molecule has 0 spiro atoms. The van der Waals surface area contributed by atoms with Gasteiger partial charge in [0.25, 0.3) is 5.91 Å². The summed E-state index contributed by atoms with van der Waals surface area (Å²) in [6.07, 6.45) is 3.73. The molecule has 1 aliphatic rings. The van der Waals surface area contributed by atoms with E-state index >= 15 is 0 Å². The van der Waals surface area contributed by atoms with Crippen molar-refractivity contribution < 1.29 is 24.0 Å². The standard InChI is InChI=1S/C19H21N3O4/c1-21(2)10-6-11-22-16(13-7-3-4-9-20-13)15(18(24)19(22)25)17(23)14-8-5-12-26-14/h3-5,7-9,12,16,24H,6,10-11H2,1-2H3/p+1/t16-/m0/s1. The van der Waals surface area contributed by atoms with Gasteiger partial charge in [-0.05, 0) is 24.3 Å². The van der Waals surface area contributed by atoms with Crippen molar-refractivity contribution in [3.8, 4) is 0 Å². The Hall–Kier alpha value is -2.93. The van der Waals surface area contributed by atoms with Crippen LogP contribution in [0.2, 0.25) is 0 Å². The summed E-state index contributed by atoms with van der Waals surface area (Å²) in [7, 11) is 4.06. The minimum Gasteiger partial charge on any atom is -0.503 e. The van der Waals surface area contributed by atoms with Crippen LogP contribution in [0.5, 0.6) is 0 Å². The van der Waals surface area contributed by atoms with Gasteiger partial charge in [-0.25, -0.2) is 0 Å². The van der Waals surface area contributed by atoms with Crippen LogP contribution in [0, 0.1) is 0 Å². The predicted molar refractivity (Wildman–Crippen MR) is 93.7 cm³/mol. The Morgan fingerprint density at radius 2 is 2.12 bits per heavy atom. The van der Waals surface area contributed by atoms with Crippen molar-refractivity contribution in [2.45, 2.75) is 12.5 Å². The van der Waals surface area contributed by atoms with E-state index in [1.165, 1.54) is 22.1 Å². The summed E-state index contributed by atoms with van der Waals surface area (Å²) < 4.78 is 5.17. The molecule has 0 aromatic carbocycles. The van der Waals surface area contributed by atoms with Crippen molar-refractivity contribution in [3.05, 3.63) is 65.6 Å². The van der Waals surface area contributed by atoms with Crippen molar-refractivity contribution in [2.24, 2.45) is 0 Å². The van der Waals surface area contributed by atoms with E-state index in [9.17, 15) is 14.7 Å². The van der Waals surface area contributed by atoms with E-state index in [0.717, 1.165) is 13.0 Å². The molecule has 3 heterocycles. The number of hydrogen-bond donors (Lipinski definition) is 2. The Bertz CT molecular complexity index is 813. The summed E-state index contributed by atoms with van der Waals surface area (Å²) in [6, 6.07) is 7.68. The molecule has 3 rings (SSSR count). The zero-order chi connectivity index (χ0) is 18.7. The predicted octanol–water partition coefficient (Wildman–Crippen LogP) is 0.788. The molecule has 0 saturated carbocycles. The first-order valence-electron chi connectivity index (χ1n) is 8.53. The maximum atomic E-state index is 12.9. The molecule has 2 aromatic rings. The number of aliphatic hydroxyl groups is 1. The second-order valence-electron chi connectivity index (χ2n) is 6.54. The number of aromatic nitrogens is 1. The van der Waals surface area contributed by atoms with Gasteiger partial charge in [-0.15, -0.1) is 0 Å². The van der Waals surface area contributed by atoms with Gasteiger partial charge in [-0.3, -0.25) is 14.6 Å². The van der Waals surface area contributed by atoms with Crippen molar-refractivity contribution in [3.63, 3.8) is 0 Å². The number of nitrogens with zero attached hydrogens (tertiary/aromatic N) is 2. The molecule has 2 aromatic heterocycles. The Morgan fingerprint density at radius 3 is 2.73 bits per heavy atom. The molecule has 7 heteroatoms. The zero-order valence-electron chi connectivity index (χ0n) is 14.8. The first-order chi connectivity index (χ1) is 12.5. The average molecular weight is 356 g/mol. The van der Waals surface area contributed by atoms with E-state index in [4.69, 9.17) is 4.42 Å². The fourth-order valence-corrected chi connectivity index (χ4v) is 3.10. The molecule has 136 valence electrons. The highest BCUT2D eigenvalue weighted by Gasteiger charge is 2.44. The first kappa shape index (κ1) is 17.9. The highest BCUT2D eigenvalue weighted by Crippen LogP contribution is 2.38. The van der Waals surface area contributed by atoms with Crippen molar-refractivity contribution in [1.82, 2.24) is 9.88 Å². The third-order valence-electron chi connectivity index (χ3n) is 4.34.